The Morgan fingerprint density at radius 2 is 1.61 bits per heavy atom. The Balaban J connectivity index is 1.96. The smallest absolute Gasteiger partial charge is 0.268 e. The average molecular weight is 482 g/mol. The number of benzene rings is 3. The average Bonchev–Trinajstić information content (AvgIpc) is 3.17. The summed E-state index contributed by atoms with van der Waals surface area (Å²) in [7, 11) is -6.09. The van der Waals surface area contributed by atoms with Crippen LogP contribution in [0.4, 0.5) is 5.69 Å². The Labute approximate surface area is 191 Å². The van der Waals surface area contributed by atoms with Crippen molar-refractivity contribution in [3.63, 3.8) is 0 Å². The Hall–Kier alpha value is -3.81. The van der Waals surface area contributed by atoms with Gasteiger partial charge in [0.25, 0.3) is 10.0 Å². The second-order valence-electron chi connectivity index (χ2n) is 7.31. The van der Waals surface area contributed by atoms with Crippen molar-refractivity contribution in [1.29, 1.82) is 5.26 Å². The number of ether oxygens (including phenoxy) is 1. The van der Waals surface area contributed by atoms with Crippen molar-refractivity contribution in [2.75, 3.05) is 18.1 Å². The summed E-state index contributed by atoms with van der Waals surface area (Å²) in [5.74, 6) is 0.518. The van der Waals surface area contributed by atoms with Gasteiger partial charge in [0, 0.05) is 17.1 Å². The summed E-state index contributed by atoms with van der Waals surface area (Å²) in [6.45, 7) is 0. The minimum atomic E-state index is -4.02. The van der Waals surface area contributed by atoms with Crippen LogP contribution in [0.25, 0.3) is 22.0 Å². The van der Waals surface area contributed by atoms with Gasteiger partial charge in [-0.25, -0.2) is 20.8 Å². The molecule has 0 amide bonds. The van der Waals surface area contributed by atoms with Gasteiger partial charge in [-0.1, -0.05) is 18.2 Å². The van der Waals surface area contributed by atoms with Crippen LogP contribution in [-0.4, -0.2) is 34.2 Å². The molecular formula is C23H19N3O5S2. The third-order valence-corrected chi connectivity index (χ3v) is 7.31. The van der Waals surface area contributed by atoms with E-state index in [9.17, 15) is 16.8 Å². The second kappa shape index (κ2) is 8.27. The molecule has 8 nitrogen and oxygen atoms in total. The van der Waals surface area contributed by atoms with Gasteiger partial charge in [-0.2, -0.15) is 5.26 Å². The number of hydrogen-bond donors (Lipinski definition) is 1. The molecule has 33 heavy (non-hydrogen) atoms. The second-order valence-corrected chi connectivity index (χ2v) is 10.9. The lowest BCUT2D eigenvalue weighted by Crippen LogP contribution is -2.12. The van der Waals surface area contributed by atoms with Crippen LogP contribution in [0.3, 0.4) is 0 Å². The summed E-state index contributed by atoms with van der Waals surface area (Å²) < 4.78 is 59.1. The molecule has 0 fully saturated rings. The molecule has 0 saturated carbocycles. The van der Waals surface area contributed by atoms with Crippen molar-refractivity contribution in [3.05, 3.63) is 78.5 Å². The Morgan fingerprint density at radius 3 is 2.18 bits per heavy atom. The fourth-order valence-electron chi connectivity index (χ4n) is 3.49. The minimum absolute atomic E-state index is 0.0491. The van der Waals surface area contributed by atoms with Gasteiger partial charge in [-0.15, -0.1) is 0 Å². The molecule has 0 aliphatic carbocycles. The van der Waals surface area contributed by atoms with E-state index in [2.05, 4.69) is 10.8 Å². The first-order chi connectivity index (χ1) is 15.6. The molecule has 0 spiro atoms. The fourth-order valence-corrected chi connectivity index (χ4v) is 5.41. The molecule has 0 bridgehead atoms. The van der Waals surface area contributed by atoms with Crippen molar-refractivity contribution in [1.82, 2.24) is 3.97 Å². The van der Waals surface area contributed by atoms with E-state index in [1.54, 1.807) is 48.5 Å². The molecule has 0 radical (unpaired) electrons. The van der Waals surface area contributed by atoms with E-state index in [1.165, 1.54) is 31.5 Å². The molecule has 1 aromatic heterocycles. The van der Waals surface area contributed by atoms with Gasteiger partial charge in [0.2, 0.25) is 10.0 Å². The molecule has 0 saturated heterocycles. The zero-order chi connectivity index (χ0) is 23.8. The normalized spacial score (nSPS) is 11.8. The number of rotatable bonds is 6. The number of aromatic nitrogens is 1. The van der Waals surface area contributed by atoms with E-state index < -0.39 is 20.0 Å². The van der Waals surface area contributed by atoms with E-state index in [1.807, 2.05) is 0 Å². The lowest BCUT2D eigenvalue weighted by atomic mass is 10.0. The predicted octanol–water partition coefficient (Wildman–Crippen LogP) is 3.80. The van der Waals surface area contributed by atoms with E-state index in [4.69, 9.17) is 10.00 Å². The molecule has 10 heteroatoms. The van der Waals surface area contributed by atoms with Crippen LogP contribution in [-0.2, 0) is 20.0 Å². The Kier molecular flexibility index (Phi) is 5.61. The minimum Gasteiger partial charge on any atom is -0.497 e. The molecule has 3 aromatic carbocycles. The van der Waals surface area contributed by atoms with Crippen LogP contribution in [0.1, 0.15) is 5.56 Å². The molecule has 168 valence electrons. The Morgan fingerprint density at radius 1 is 0.939 bits per heavy atom. The van der Waals surface area contributed by atoms with E-state index in [-0.39, 0.29) is 10.6 Å². The monoisotopic (exact) mass is 481 g/mol. The molecule has 1 N–H and O–H groups in total. The number of fused-ring (bicyclic) bond motifs is 1. The number of nitrogens with one attached hydrogen (secondary N) is 1. The number of nitrogens with zero attached hydrogens (tertiary/aromatic N) is 2. The number of anilines is 1. The highest BCUT2D eigenvalue weighted by Gasteiger charge is 2.22. The molecule has 1 heterocycles. The number of hydrogen-bond acceptors (Lipinski definition) is 6. The first-order valence-electron chi connectivity index (χ1n) is 9.65. The quantitative estimate of drug-likeness (QED) is 0.448. The molecule has 4 rings (SSSR count). The van der Waals surface area contributed by atoms with Gasteiger partial charge in [-0.05, 0) is 54.1 Å². The third kappa shape index (κ3) is 4.41. The molecular weight excluding hydrogens is 462 g/mol. The van der Waals surface area contributed by atoms with Gasteiger partial charge in [0.05, 0.1) is 41.1 Å². The summed E-state index contributed by atoms with van der Waals surface area (Å²) in [6, 6.07) is 19.5. The lowest BCUT2D eigenvalue weighted by molar-refractivity contribution is 0.414. The summed E-state index contributed by atoms with van der Waals surface area (Å²) in [5, 5.41) is 9.68. The van der Waals surface area contributed by atoms with E-state index in [0.717, 1.165) is 10.2 Å². The molecule has 4 aromatic rings. The van der Waals surface area contributed by atoms with E-state index >= 15 is 0 Å². The van der Waals surface area contributed by atoms with E-state index in [0.29, 0.717) is 33.3 Å². The van der Waals surface area contributed by atoms with Crippen LogP contribution < -0.4 is 9.46 Å². The molecule has 0 aliphatic rings. The maximum atomic E-state index is 13.5. The highest BCUT2D eigenvalue weighted by atomic mass is 32.2. The predicted molar refractivity (Wildman–Crippen MR) is 126 cm³/mol. The van der Waals surface area contributed by atoms with Crippen LogP contribution in [0.2, 0.25) is 0 Å². The highest BCUT2D eigenvalue weighted by Crippen LogP contribution is 2.35. The van der Waals surface area contributed by atoms with Crippen LogP contribution >= 0.6 is 0 Å². The maximum Gasteiger partial charge on any atom is 0.268 e. The van der Waals surface area contributed by atoms with Gasteiger partial charge in [0.15, 0.2) is 0 Å². The Bertz CT molecular complexity index is 1600. The summed E-state index contributed by atoms with van der Waals surface area (Å²) >= 11 is 0. The zero-order valence-corrected chi connectivity index (χ0v) is 19.3. The fraction of sp³-hybridized carbons (Fsp3) is 0.0870. The SMILES string of the molecule is COc1ccc(S(=O)(=O)n2cc(-c3ccc(C#N)cc3)c3ccc(NS(C)(=O)=O)cc32)cc1. The number of methoxy groups -OCH3 is 1. The van der Waals surface area contributed by atoms with Gasteiger partial charge >= 0.3 is 0 Å². The van der Waals surface area contributed by atoms with Gasteiger partial charge in [0.1, 0.15) is 5.75 Å². The lowest BCUT2D eigenvalue weighted by Gasteiger charge is -2.10. The summed E-state index contributed by atoms with van der Waals surface area (Å²) in [5.41, 5.74) is 2.36. The molecule has 0 aliphatic heterocycles. The first kappa shape index (κ1) is 22.4. The van der Waals surface area contributed by atoms with Crippen molar-refractivity contribution in [2.45, 2.75) is 4.90 Å². The standard InChI is InChI=1S/C23H19N3O5S2/c1-31-19-8-10-20(11-9-19)33(29,30)26-15-22(17-5-3-16(14-24)4-6-17)21-12-7-18(13-23(21)26)25-32(2,27)28/h3-13,15,25H,1-2H3. The summed E-state index contributed by atoms with van der Waals surface area (Å²) in [6.07, 6.45) is 2.52. The first-order valence-corrected chi connectivity index (χ1v) is 13.0. The van der Waals surface area contributed by atoms with Gasteiger partial charge in [-0.3, -0.25) is 4.72 Å². The topological polar surface area (TPSA) is 118 Å². The van der Waals surface area contributed by atoms with Crippen LogP contribution in [0.15, 0.2) is 77.8 Å². The maximum absolute atomic E-state index is 13.5. The van der Waals surface area contributed by atoms with Crippen molar-refractivity contribution in [3.8, 4) is 22.9 Å². The highest BCUT2D eigenvalue weighted by molar-refractivity contribution is 7.92. The summed E-state index contributed by atoms with van der Waals surface area (Å²) in [4.78, 5) is 0.0491. The van der Waals surface area contributed by atoms with Crippen molar-refractivity contribution < 1.29 is 21.6 Å². The number of nitriles is 1. The number of sulfonamides is 1. The molecule has 0 atom stereocenters. The van der Waals surface area contributed by atoms with Crippen molar-refractivity contribution in [2.24, 2.45) is 0 Å². The van der Waals surface area contributed by atoms with Crippen LogP contribution in [0.5, 0.6) is 5.75 Å². The molecule has 0 unspecified atom stereocenters. The van der Waals surface area contributed by atoms with Crippen molar-refractivity contribution >= 4 is 36.6 Å². The largest absolute Gasteiger partial charge is 0.497 e. The zero-order valence-electron chi connectivity index (χ0n) is 17.7. The van der Waals surface area contributed by atoms with Gasteiger partial charge < -0.3 is 4.74 Å². The van der Waals surface area contributed by atoms with Crippen LogP contribution in [0, 0.1) is 11.3 Å². The third-order valence-electron chi connectivity index (χ3n) is 5.02.